The van der Waals surface area contributed by atoms with Gasteiger partial charge in [-0.25, -0.2) is 9.59 Å². The average molecular weight is 259 g/mol. The minimum atomic E-state index is -0.779. The van der Waals surface area contributed by atoms with E-state index >= 15 is 0 Å². The third-order valence-corrected chi connectivity index (χ3v) is 2.22. The third-order valence-electron chi connectivity index (χ3n) is 2.22. The molecule has 0 heterocycles. The first-order valence-corrected chi connectivity index (χ1v) is 5.53. The van der Waals surface area contributed by atoms with Crippen LogP contribution < -0.4 is 0 Å². The van der Waals surface area contributed by atoms with Crippen molar-refractivity contribution in [2.45, 2.75) is 13.0 Å². The van der Waals surface area contributed by atoms with Crippen LogP contribution in [0.15, 0.2) is 30.3 Å². The molecule has 5 nitrogen and oxygen atoms in total. The van der Waals surface area contributed by atoms with Gasteiger partial charge in [-0.15, -0.1) is 0 Å². The van der Waals surface area contributed by atoms with Gasteiger partial charge in [-0.05, 0) is 30.7 Å². The van der Waals surface area contributed by atoms with Crippen LogP contribution in [0.4, 0.5) is 0 Å². The maximum absolute atomic E-state index is 11.3. The van der Waals surface area contributed by atoms with E-state index in [2.05, 4.69) is 4.74 Å². The van der Waals surface area contributed by atoms with Crippen molar-refractivity contribution in [3.05, 3.63) is 41.5 Å². The molecule has 0 fully saturated rings. The van der Waals surface area contributed by atoms with Crippen molar-refractivity contribution in [2.75, 3.05) is 7.11 Å². The number of hydrogen-bond acceptors (Lipinski definition) is 5. The molecular formula is C14H13NO4. The van der Waals surface area contributed by atoms with Crippen LogP contribution in [0.5, 0.6) is 0 Å². The Bertz CT molecular complexity index is 525. The summed E-state index contributed by atoms with van der Waals surface area (Å²) < 4.78 is 9.31. The highest BCUT2D eigenvalue weighted by Crippen LogP contribution is 2.07. The maximum Gasteiger partial charge on any atom is 0.337 e. The van der Waals surface area contributed by atoms with Gasteiger partial charge in [0.1, 0.15) is 6.07 Å². The summed E-state index contributed by atoms with van der Waals surface area (Å²) in [6.45, 7) is 1.48. The normalized spacial score (nSPS) is 11.6. The Kier molecular flexibility index (Phi) is 5.30. The maximum atomic E-state index is 11.3. The Morgan fingerprint density at radius 1 is 1.32 bits per heavy atom. The number of ether oxygens (including phenoxy) is 2. The van der Waals surface area contributed by atoms with Gasteiger partial charge in [0.2, 0.25) is 0 Å². The molecule has 0 radical (unpaired) electrons. The first kappa shape index (κ1) is 14.5. The van der Waals surface area contributed by atoms with Crippen LogP contribution in [0.2, 0.25) is 0 Å². The number of methoxy groups -OCH3 is 1. The molecular weight excluding hydrogens is 246 g/mol. The van der Waals surface area contributed by atoms with Crippen molar-refractivity contribution in [3.63, 3.8) is 0 Å². The number of rotatable bonds is 4. The van der Waals surface area contributed by atoms with E-state index in [0.29, 0.717) is 5.56 Å². The molecule has 19 heavy (non-hydrogen) atoms. The second kappa shape index (κ2) is 6.97. The highest BCUT2D eigenvalue weighted by atomic mass is 16.5. The summed E-state index contributed by atoms with van der Waals surface area (Å²) in [5.41, 5.74) is 1.16. The number of carbonyl (C=O) groups is 2. The fourth-order valence-electron chi connectivity index (χ4n) is 1.25. The highest BCUT2D eigenvalue weighted by molar-refractivity contribution is 5.90. The Morgan fingerprint density at radius 3 is 2.47 bits per heavy atom. The van der Waals surface area contributed by atoms with Gasteiger partial charge in [-0.3, -0.25) is 0 Å². The monoisotopic (exact) mass is 259 g/mol. The molecule has 0 aliphatic rings. The van der Waals surface area contributed by atoms with Gasteiger partial charge in [0.25, 0.3) is 0 Å². The summed E-state index contributed by atoms with van der Waals surface area (Å²) >= 11 is 0. The summed E-state index contributed by atoms with van der Waals surface area (Å²) in [5.74, 6) is -1.01. The number of esters is 2. The molecule has 1 aromatic rings. The molecule has 0 aromatic heterocycles. The lowest BCUT2D eigenvalue weighted by Gasteiger charge is -2.02. The van der Waals surface area contributed by atoms with Crippen LogP contribution in [0.3, 0.4) is 0 Å². The van der Waals surface area contributed by atoms with E-state index < -0.39 is 18.0 Å². The summed E-state index contributed by atoms with van der Waals surface area (Å²) in [4.78, 5) is 22.5. The van der Waals surface area contributed by atoms with E-state index in [1.54, 1.807) is 30.3 Å². The Morgan fingerprint density at radius 2 is 1.95 bits per heavy atom. The molecule has 1 atom stereocenters. The average Bonchev–Trinajstić information content (AvgIpc) is 2.44. The fourth-order valence-corrected chi connectivity index (χ4v) is 1.25. The minimum Gasteiger partial charge on any atom is -0.465 e. The van der Waals surface area contributed by atoms with Crippen molar-refractivity contribution in [3.8, 4) is 6.07 Å². The molecule has 0 N–H and O–H groups in total. The van der Waals surface area contributed by atoms with Crippen LogP contribution in [0.1, 0.15) is 22.8 Å². The number of hydrogen-bond donors (Lipinski definition) is 0. The van der Waals surface area contributed by atoms with E-state index in [1.165, 1.54) is 26.2 Å². The number of benzene rings is 1. The van der Waals surface area contributed by atoms with Gasteiger partial charge < -0.3 is 9.47 Å². The predicted molar refractivity (Wildman–Crippen MR) is 68.0 cm³/mol. The summed E-state index contributed by atoms with van der Waals surface area (Å²) in [5, 5.41) is 8.48. The van der Waals surface area contributed by atoms with Gasteiger partial charge in [0, 0.05) is 6.08 Å². The van der Waals surface area contributed by atoms with Gasteiger partial charge in [0.05, 0.1) is 12.7 Å². The number of carbonyl (C=O) groups excluding carboxylic acids is 2. The lowest BCUT2D eigenvalue weighted by Crippen LogP contribution is -2.10. The largest absolute Gasteiger partial charge is 0.465 e. The van der Waals surface area contributed by atoms with Crippen LogP contribution >= 0.6 is 0 Å². The topological polar surface area (TPSA) is 76.4 Å². The molecule has 0 aliphatic carbocycles. The van der Waals surface area contributed by atoms with Crippen LogP contribution in [-0.2, 0) is 14.3 Å². The van der Waals surface area contributed by atoms with Crippen molar-refractivity contribution in [1.29, 1.82) is 5.26 Å². The zero-order valence-corrected chi connectivity index (χ0v) is 10.6. The molecule has 98 valence electrons. The molecule has 0 saturated carbocycles. The van der Waals surface area contributed by atoms with E-state index in [-0.39, 0.29) is 0 Å². The molecule has 0 saturated heterocycles. The smallest absolute Gasteiger partial charge is 0.337 e. The Balaban J connectivity index is 2.65. The van der Waals surface area contributed by atoms with Crippen LogP contribution in [0.25, 0.3) is 6.08 Å². The van der Waals surface area contributed by atoms with Crippen LogP contribution in [-0.4, -0.2) is 25.2 Å². The Hall–Kier alpha value is -2.61. The molecule has 5 heteroatoms. The predicted octanol–water partition coefficient (Wildman–Crippen LogP) is 1.94. The highest BCUT2D eigenvalue weighted by Gasteiger charge is 2.05. The van der Waals surface area contributed by atoms with Crippen molar-refractivity contribution in [1.82, 2.24) is 0 Å². The zero-order valence-electron chi connectivity index (χ0n) is 10.6. The van der Waals surface area contributed by atoms with Crippen molar-refractivity contribution < 1.29 is 19.1 Å². The van der Waals surface area contributed by atoms with Crippen LogP contribution in [0, 0.1) is 11.3 Å². The summed E-state index contributed by atoms with van der Waals surface area (Å²) in [6, 6.07) is 8.32. The molecule has 0 bridgehead atoms. The lowest BCUT2D eigenvalue weighted by atomic mass is 10.1. The van der Waals surface area contributed by atoms with E-state index in [9.17, 15) is 9.59 Å². The van der Waals surface area contributed by atoms with E-state index in [0.717, 1.165) is 5.56 Å². The summed E-state index contributed by atoms with van der Waals surface area (Å²) in [7, 11) is 1.31. The second-order valence-corrected chi connectivity index (χ2v) is 3.66. The van der Waals surface area contributed by atoms with Gasteiger partial charge in [-0.1, -0.05) is 12.1 Å². The van der Waals surface area contributed by atoms with E-state index in [1.807, 2.05) is 0 Å². The molecule has 1 rings (SSSR count). The molecule has 0 aliphatic heterocycles. The fraction of sp³-hybridized carbons (Fsp3) is 0.214. The first-order chi connectivity index (χ1) is 9.06. The molecule has 1 aromatic carbocycles. The summed E-state index contributed by atoms with van der Waals surface area (Å²) in [6.07, 6.45) is 1.98. The second-order valence-electron chi connectivity index (χ2n) is 3.66. The Labute approximate surface area is 111 Å². The zero-order chi connectivity index (χ0) is 14.3. The molecule has 0 spiro atoms. The van der Waals surface area contributed by atoms with Gasteiger partial charge in [-0.2, -0.15) is 5.26 Å². The molecule has 0 unspecified atom stereocenters. The van der Waals surface area contributed by atoms with Crippen molar-refractivity contribution in [2.24, 2.45) is 0 Å². The first-order valence-electron chi connectivity index (χ1n) is 5.53. The van der Waals surface area contributed by atoms with Gasteiger partial charge >= 0.3 is 11.9 Å². The van der Waals surface area contributed by atoms with Gasteiger partial charge in [0.15, 0.2) is 6.10 Å². The van der Waals surface area contributed by atoms with Crippen molar-refractivity contribution >= 4 is 18.0 Å². The standard InChI is InChI=1S/C14H13NO4/c1-10(9-15)19-13(16)8-5-11-3-6-12(7-4-11)14(17)18-2/h3-8,10H,1-2H3/b8-5+/t10-/m0/s1. The minimum absolute atomic E-state index is 0.419. The SMILES string of the molecule is COC(=O)c1ccc(/C=C/C(=O)O[C@@H](C)C#N)cc1. The third kappa shape index (κ3) is 4.64. The van der Waals surface area contributed by atoms with E-state index in [4.69, 9.17) is 10.00 Å². The lowest BCUT2D eigenvalue weighted by molar-refractivity contribution is -0.139. The number of nitrogens with zero attached hydrogens (tertiary/aromatic N) is 1. The number of nitriles is 1. The quantitative estimate of drug-likeness (QED) is 0.610. The molecule has 0 amide bonds.